The van der Waals surface area contributed by atoms with Crippen LogP contribution in [0.5, 0.6) is 0 Å². The molecule has 13 heteroatoms. The van der Waals surface area contributed by atoms with Gasteiger partial charge in [0.2, 0.25) is 15.8 Å². The summed E-state index contributed by atoms with van der Waals surface area (Å²) in [4.78, 5) is 22.8. The molecule has 0 spiro atoms. The first-order valence-corrected chi connectivity index (χ1v) is 12.5. The number of sulfone groups is 1. The van der Waals surface area contributed by atoms with Gasteiger partial charge >= 0.3 is 0 Å². The summed E-state index contributed by atoms with van der Waals surface area (Å²) in [5.74, 6) is -0.569. The molecule has 1 aliphatic rings. The zero-order chi connectivity index (χ0) is 25.6. The number of hydrogen-bond donors (Lipinski definition) is 2. The highest BCUT2D eigenvalue weighted by atomic mass is 32.2. The highest BCUT2D eigenvalue weighted by Gasteiger charge is 2.30. The quantitative estimate of drug-likeness (QED) is 0.415. The first-order chi connectivity index (χ1) is 17.2. The van der Waals surface area contributed by atoms with E-state index in [-0.39, 0.29) is 27.1 Å². The van der Waals surface area contributed by atoms with Gasteiger partial charge < -0.3 is 14.8 Å². The van der Waals surface area contributed by atoms with E-state index in [9.17, 15) is 22.9 Å². The van der Waals surface area contributed by atoms with Gasteiger partial charge in [-0.05, 0) is 31.5 Å². The third-order valence-electron chi connectivity index (χ3n) is 6.38. The third kappa shape index (κ3) is 3.95. The summed E-state index contributed by atoms with van der Waals surface area (Å²) in [5, 5.41) is 19.5. The van der Waals surface area contributed by atoms with Crippen molar-refractivity contribution < 1.29 is 17.6 Å². The van der Waals surface area contributed by atoms with E-state index in [1.165, 1.54) is 29.0 Å². The van der Waals surface area contributed by atoms with Gasteiger partial charge in [0.15, 0.2) is 5.82 Å². The van der Waals surface area contributed by atoms with Gasteiger partial charge in [0, 0.05) is 37.3 Å². The molecule has 36 heavy (non-hydrogen) atoms. The lowest BCUT2D eigenvalue weighted by molar-refractivity contribution is 0.0932. The minimum atomic E-state index is -4.03. The van der Waals surface area contributed by atoms with E-state index in [0.29, 0.717) is 42.1 Å². The molecule has 1 fully saturated rings. The molecule has 1 saturated heterocycles. The average molecular weight is 509 g/mol. The number of aromatic nitrogens is 5. The number of nitriles is 1. The molecule has 2 N–H and O–H groups in total. The Morgan fingerprint density at radius 1 is 1.25 bits per heavy atom. The fraction of sp³-hybridized carbons (Fsp3) is 0.261. The summed E-state index contributed by atoms with van der Waals surface area (Å²) in [5.41, 5.74) is 1.19. The average Bonchev–Trinajstić information content (AvgIpc) is 3.59. The molecule has 184 valence electrons. The first-order valence-electron chi connectivity index (χ1n) is 11.0. The maximum atomic E-state index is 13.5. The van der Waals surface area contributed by atoms with Crippen molar-refractivity contribution in [3.05, 3.63) is 59.6 Å². The maximum Gasteiger partial charge on any atom is 0.268 e. The number of nitrogens with one attached hydrogen (secondary N) is 2. The van der Waals surface area contributed by atoms with E-state index in [1.54, 1.807) is 14.0 Å². The standard InChI is InChI=1S/C23H21FN8O3S/c1-13-20(36(34,35)18-5-14(8-25)21-15(6-18)9-28-30-21)7-19(31(13)2)22(33)29-17-3-4-32(12-17)23-26-10-16(24)11-27-23/h5-7,9-11,17H,3-4,12H2,1-2H3,(H,28,30)(H,29,33)/t17-/m1/s1. The number of carbonyl (C=O) groups excluding carboxylic acids is 1. The number of aromatic amines is 1. The molecule has 5 rings (SSSR count). The molecular weight excluding hydrogens is 487 g/mol. The molecule has 1 atom stereocenters. The Hall–Kier alpha value is -4.31. The number of rotatable bonds is 5. The van der Waals surface area contributed by atoms with Crippen molar-refractivity contribution in [2.45, 2.75) is 29.2 Å². The number of fused-ring (bicyclic) bond motifs is 1. The van der Waals surface area contributed by atoms with Crippen LogP contribution in [0.25, 0.3) is 10.9 Å². The normalized spacial score (nSPS) is 15.8. The molecule has 4 heterocycles. The fourth-order valence-corrected chi connectivity index (χ4v) is 5.95. The summed E-state index contributed by atoms with van der Waals surface area (Å²) in [6, 6.07) is 5.87. The minimum Gasteiger partial charge on any atom is -0.346 e. The molecule has 1 aliphatic heterocycles. The van der Waals surface area contributed by atoms with Crippen LogP contribution in [0.3, 0.4) is 0 Å². The van der Waals surface area contributed by atoms with Crippen LogP contribution < -0.4 is 10.2 Å². The van der Waals surface area contributed by atoms with Gasteiger partial charge in [-0.3, -0.25) is 9.89 Å². The molecule has 0 aliphatic carbocycles. The number of halogens is 1. The van der Waals surface area contributed by atoms with E-state index in [2.05, 4.69) is 25.5 Å². The number of carbonyl (C=O) groups is 1. The fourth-order valence-electron chi connectivity index (χ4n) is 4.35. The zero-order valence-electron chi connectivity index (χ0n) is 19.4. The first kappa shape index (κ1) is 23.4. The van der Waals surface area contributed by atoms with Crippen LogP contribution in [0.4, 0.5) is 10.3 Å². The van der Waals surface area contributed by atoms with Crippen molar-refractivity contribution in [1.29, 1.82) is 5.26 Å². The van der Waals surface area contributed by atoms with Crippen molar-refractivity contribution in [2.24, 2.45) is 7.05 Å². The van der Waals surface area contributed by atoms with Gasteiger partial charge in [0.05, 0.1) is 39.5 Å². The second kappa shape index (κ2) is 8.72. The second-order valence-corrected chi connectivity index (χ2v) is 10.5. The number of H-pyrrole nitrogens is 1. The van der Waals surface area contributed by atoms with Gasteiger partial charge in [0.1, 0.15) is 11.8 Å². The maximum absolute atomic E-state index is 13.5. The highest BCUT2D eigenvalue weighted by molar-refractivity contribution is 7.91. The molecule has 0 radical (unpaired) electrons. The molecule has 0 unspecified atom stereocenters. The molecule has 3 aromatic heterocycles. The number of nitrogens with zero attached hydrogens (tertiary/aromatic N) is 6. The van der Waals surface area contributed by atoms with Crippen molar-refractivity contribution in [1.82, 2.24) is 30.0 Å². The third-order valence-corrected chi connectivity index (χ3v) is 8.23. The predicted octanol–water partition coefficient (Wildman–Crippen LogP) is 1.85. The molecule has 0 saturated carbocycles. The van der Waals surface area contributed by atoms with E-state index >= 15 is 0 Å². The Morgan fingerprint density at radius 2 is 2.00 bits per heavy atom. The van der Waals surface area contributed by atoms with E-state index in [4.69, 9.17) is 0 Å². The Kier molecular flexibility index (Phi) is 5.68. The molecule has 0 bridgehead atoms. The highest BCUT2D eigenvalue weighted by Crippen LogP contribution is 2.30. The predicted molar refractivity (Wildman–Crippen MR) is 126 cm³/mol. The second-order valence-electron chi connectivity index (χ2n) is 8.56. The van der Waals surface area contributed by atoms with Crippen LogP contribution in [0.1, 0.15) is 28.2 Å². The van der Waals surface area contributed by atoms with Gasteiger partial charge in [-0.15, -0.1) is 0 Å². The Labute approximate surface area is 205 Å². The number of benzene rings is 1. The Balaban J connectivity index is 1.39. The Morgan fingerprint density at radius 3 is 2.72 bits per heavy atom. The van der Waals surface area contributed by atoms with E-state index in [1.807, 2.05) is 11.0 Å². The van der Waals surface area contributed by atoms with Crippen molar-refractivity contribution in [3.8, 4) is 6.07 Å². The van der Waals surface area contributed by atoms with Crippen LogP contribution in [-0.2, 0) is 16.9 Å². The molecule has 1 amide bonds. The number of anilines is 1. The molecule has 4 aromatic rings. The zero-order valence-corrected chi connectivity index (χ0v) is 20.2. The van der Waals surface area contributed by atoms with Crippen LogP contribution in [-0.4, -0.2) is 58.2 Å². The molecule has 11 nitrogen and oxygen atoms in total. The van der Waals surface area contributed by atoms with Crippen LogP contribution >= 0.6 is 0 Å². The van der Waals surface area contributed by atoms with Gasteiger partial charge in [-0.2, -0.15) is 10.4 Å². The Bertz CT molecular complexity index is 1640. The van der Waals surface area contributed by atoms with Crippen LogP contribution in [0, 0.1) is 24.1 Å². The summed E-state index contributed by atoms with van der Waals surface area (Å²) in [6.07, 6.45) is 4.26. The SMILES string of the molecule is Cc1c(S(=O)(=O)c2cc(C#N)c3[nH]ncc3c2)cc(C(=O)N[C@@H]2CCN(c3ncc(F)cn3)C2)n1C. The smallest absolute Gasteiger partial charge is 0.268 e. The topological polar surface area (TPSA) is 150 Å². The largest absolute Gasteiger partial charge is 0.346 e. The number of amides is 1. The van der Waals surface area contributed by atoms with E-state index < -0.39 is 21.6 Å². The lowest BCUT2D eigenvalue weighted by Crippen LogP contribution is -2.38. The minimum absolute atomic E-state index is 0.0188. The monoisotopic (exact) mass is 508 g/mol. The summed E-state index contributed by atoms with van der Waals surface area (Å²) < 4.78 is 41.7. The molecular formula is C23H21FN8O3S. The van der Waals surface area contributed by atoms with Crippen molar-refractivity contribution in [3.63, 3.8) is 0 Å². The molecule has 1 aromatic carbocycles. The van der Waals surface area contributed by atoms with Gasteiger partial charge in [0.25, 0.3) is 5.91 Å². The van der Waals surface area contributed by atoms with Crippen LogP contribution in [0.15, 0.2) is 46.6 Å². The summed E-state index contributed by atoms with van der Waals surface area (Å²) >= 11 is 0. The van der Waals surface area contributed by atoms with Gasteiger partial charge in [-0.1, -0.05) is 0 Å². The summed E-state index contributed by atoms with van der Waals surface area (Å²) in [7, 11) is -2.41. The number of hydrogen-bond acceptors (Lipinski definition) is 8. The van der Waals surface area contributed by atoms with Crippen molar-refractivity contribution >= 4 is 32.6 Å². The van der Waals surface area contributed by atoms with Crippen molar-refractivity contribution in [2.75, 3.05) is 18.0 Å². The van der Waals surface area contributed by atoms with E-state index in [0.717, 1.165) is 12.4 Å². The lowest BCUT2D eigenvalue weighted by Gasteiger charge is -2.16. The summed E-state index contributed by atoms with van der Waals surface area (Å²) in [6.45, 7) is 2.64. The lowest BCUT2D eigenvalue weighted by atomic mass is 10.2. The van der Waals surface area contributed by atoms with Gasteiger partial charge in [-0.25, -0.2) is 22.8 Å². The van der Waals surface area contributed by atoms with Crippen LogP contribution in [0.2, 0.25) is 0 Å².